The summed E-state index contributed by atoms with van der Waals surface area (Å²) in [6, 6.07) is 0. The van der Waals surface area contributed by atoms with E-state index < -0.39 is 5.67 Å². The summed E-state index contributed by atoms with van der Waals surface area (Å²) in [4.78, 5) is 0. The van der Waals surface area contributed by atoms with Crippen LogP contribution in [0.4, 0.5) is 4.39 Å². The molecule has 1 aliphatic carbocycles. The van der Waals surface area contributed by atoms with Crippen molar-refractivity contribution in [3.63, 3.8) is 0 Å². The van der Waals surface area contributed by atoms with Crippen LogP contribution in [0.1, 0.15) is 46.5 Å². The molecule has 0 nitrogen and oxygen atoms in total. The molecule has 1 saturated carbocycles. The third-order valence-corrected chi connectivity index (χ3v) is 3.43. The lowest BCUT2D eigenvalue weighted by Gasteiger charge is -2.39. The van der Waals surface area contributed by atoms with Crippen LogP contribution in [0.25, 0.3) is 0 Å². The maximum absolute atomic E-state index is 13.4. The van der Waals surface area contributed by atoms with Gasteiger partial charge >= 0.3 is 0 Å². The SMILES string of the molecule is C=C(C)C1(C)CCC(C)(F)CC1. The van der Waals surface area contributed by atoms with Crippen molar-refractivity contribution in [2.75, 3.05) is 0 Å². The van der Waals surface area contributed by atoms with Gasteiger partial charge in [0.2, 0.25) is 0 Å². The monoisotopic (exact) mass is 170 g/mol. The highest BCUT2D eigenvalue weighted by Gasteiger charge is 2.37. The standard InChI is InChI=1S/C11H19F/c1-9(2)10(3)5-7-11(4,12)8-6-10/h1,5-8H2,2-4H3. The molecule has 12 heavy (non-hydrogen) atoms. The van der Waals surface area contributed by atoms with Crippen LogP contribution in [0.2, 0.25) is 0 Å². The molecule has 70 valence electrons. The number of halogens is 1. The predicted octanol–water partition coefficient (Wildman–Crippen LogP) is 3.87. The van der Waals surface area contributed by atoms with Gasteiger partial charge in [-0.25, -0.2) is 4.39 Å². The van der Waals surface area contributed by atoms with E-state index in [-0.39, 0.29) is 5.41 Å². The number of alkyl halides is 1. The van der Waals surface area contributed by atoms with Gasteiger partial charge in [0.15, 0.2) is 0 Å². The molecule has 0 aromatic heterocycles. The molecule has 0 heterocycles. The molecule has 0 atom stereocenters. The van der Waals surface area contributed by atoms with Crippen molar-refractivity contribution < 1.29 is 4.39 Å². The quantitative estimate of drug-likeness (QED) is 0.524. The van der Waals surface area contributed by atoms with Crippen LogP contribution < -0.4 is 0 Å². The first kappa shape index (κ1) is 9.76. The maximum Gasteiger partial charge on any atom is 0.108 e. The predicted molar refractivity (Wildman–Crippen MR) is 50.9 cm³/mol. The molecule has 1 rings (SSSR count). The van der Waals surface area contributed by atoms with Gasteiger partial charge in [0.05, 0.1) is 0 Å². The summed E-state index contributed by atoms with van der Waals surface area (Å²) in [6.07, 6.45) is 3.29. The molecule has 0 aromatic rings. The Kier molecular flexibility index (Phi) is 2.33. The van der Waals surface area contributed by atoms with Gasteiger partial charge in [-0.2, -0.15) is 0 Å². The molecule has 1 aliphatic rings. The van der Waals surface area contributed by atoms with Crippen LogP contribution >= 0.6 is 0 Å². The third-order valence-electron chi connectivity index (χ3n) is 3.43. The summed E-state index contributed by atoms with van der Waals surface area (Å²) in [7, 11) is 0. The van der Waals surface area contributed by atoms with Crippen LogP contribution in [0.15, 0.2) is 12.2 Å². The van der Waals surface area contributed by atoms with Crippen LogP contribution in [0, 0.1) is 5.41 Å². The van der Waals surface area contributed by atoms with Crippen molar-refractivity contribution in [2.45, 2.75) is 52.1 Å². The molecule has 0 unspecified atom stereocenters. The normalized spacial score (nSPS) is 42.7. The second kappa shape index (κ2) is 2.86. The smallest absolute Gasteiger partial charge is 0.108 e. The van der Waals surface area contributed by atoms with Gasteiger partial charge in [0.1, 0.15) is 5.67 Å². The van der Waals surface area contributed by atoms with Gasteiger partial charge in [0.25, 0.3) is 0 Å². The zero-order chi connectivity index (χ0) is 9.41. The second-order valence-electron chi connectivity index (χ2n) is 4.75. The summed E-state index contributed by atoms with van der Waals surface area (Å²) in [5.41, 5.74) is 0.485. The van der Waals surface area contributed by atoms with E-state index in [2.05, 4.69) is 20.4 Å². The molecule has 0 aromatic carbocycles. The maximum atomic E-state index is 13.4. The minimum atomic E-state index is -0.922. The minimum Gasteiger partial charge on any atom is -0.244 e. The Morgan fingerprint density at radius 2 is 1.58 bits per heavy atom. The zero-order valence-corrected chi connectivity index (χ0v) is 8.41. The van der Waals surface area contributed by atoms with Crippen LogP contribution in [0.3, 0.4) is 0 Å². The molecule has 1 heteroatoms. The van der Waals surface area contributed by atoms with E-state index in [0.29, 0.717) is 12.8 Å². The van der Waals surface area contributed by atoms with E-state index in [1.54, 1.807) is 6.92 Å². The van der Waals surface area contributed by atoms with Crippen LogP contribution in [0.5, 0.6) is 0 Å². The molecule has 0 bridgehead atoms. The Labute approximate surface area is 74.9 Å². The number of rotatable bonds is 1. The van der Waals surface area contributed by atoms with E-state index >= 15 is 0 Å². The largest absolute Gasteiger partial charge is 0.244 e. The van der Waals surface area contributed by atoms with E-state index in [1.165, 1.54) is 5.57 Å². The highest BCUT2D eigenvalue weighted by molar-refractivity contribution is 5.08. The first-order valence-corrected chi connectivity index (χ1v) is 4.71. The van der Waals surface area contributed by atoms with Gasteiger partial charge in [-0.3, -0.25) is 0 Å². The molecular formula is C11H19F. The minimum absolute atomic E-state index is 0.200. The average Bonchev–Trinajstić information content (AvgIpc) is 1.96. The van der Waals surface area contributed by atoms with Crippen molar-refractivity contribution in [1.82, 2.24) is 0 Å². The van der Waals surface area contributed by atoms with Crippen molar-refractivity contribution in [3.8, 4) is 0 Å². The zero-order valence-electron chi connectivity index (χ0n) is 8.41. The van der Waals surface area contributed by atoms with Gasteiger partial charge < -0.3 is 0 Å². The summed E-state index contributed by atoms with van der Waals surface area (Å²) in [6.45, 7) is 9.94. The van der Waals surface area contributed by atoms with E-state index in [4.69, 9.17) is 0 Å². The summed E-state index contributed by atoms with van der Waals surface area (Å²) < 4.78 is 13.4. The first-order valence-electron chi connectivity index (χ1n) is 4.71. The number of hydrogen-bond acceptors (Lipinski definition) is 0. The van der Waals surface area contributed by atoms with Gasteiger partial charge in [-0.05, 0) is 44.9 Å². The van der Waals surface area contributed by atoms with Crippen LogP contribution in [-0.2, 0) is 0 Å². The Morgan fingerprint density at radius 1 is 1.17 bits per heavy atom. The van der Waals surface area contributed by atoms with Gasteiger partial charge in [0, 0.05) is 0 Å². The summed E-state index contributed by atoms with van der Waals surface area (Å²) >= 11 is 0. The fraction of sp³-hybridized carbons (Fsp3) is 0.818. The fourth-order valence-electron chi connectivity index (χ4n) is 1.75. The Balaban J connectivity index is 2.62. The molecule has 0 radical (unpaired) electrons. The molecule has 1 fully saturated rings. The topological polar surface area (TPSA) is 0 Å². The summed E-state index contributed by atoms with van der Waals surface area (Å²) in [5, 5.41) is 0. The average molecular weight is 170 g/mol. The number of allylic oxidation sites excluding steroid dienone is 1. The van der Waals surface area contributed by atoms with Gasteiger partial charge in [-0.1, -0.05) is 19.1 Å². The number of hydrogen-bond donors (Lipinski definition) is 0. The Morgan fingerprint density at radius 3 is 1.92 bits per heavy atom. The van der Waals surface area contributed by atoms with Gasteiger partial charge in [-0.15, -0.1) is 0 Å². The van der Waals surface area contributed by atoms with Crippen molar-refractivity contribution >= 4 is 0 Å². The van der Waals surface area contributed by atoms with E-state index in [1.807, 2.05) is 0 Å². The first-order chi connectivity index (χ1) is 5.36. The second-order valence-corrected chi connectivity index (χ2v) is 4.75. The highest BCUT2D eigenvalue weighted by atomic mass is 19.1. The molecule has 0 saturated heterocycles. The third kappa shape index (κ3) is 1.88. The van der Waals surface area contributed by atoms with Crippen molar-refractivity contribution in [1.29, 1.82) is 0 Å². The van der Waals surface area contributed by atoms with E-state index in [9.17, 15) is 4.39 Å². The lowest BCUT2D eigenvalue weighted by molar-refractivity contribution is 0.0786. The van der Waals surface area contributed by atoms with Crippen LogP contribution in [-0.4, -0.2) is 5.67 Å². The van der Waals surface area contributed by atoms with E-state index in [0.717, 1.165) is 12.8 Å². The summed E-state index contributed by atoms with van der Waals surface area (Å²) in [5.74, 6) is 0. The fourth-order valence-corrected chi connectivity index (χ4v) is 1.75. The molecule has 0 spiro atoms. The highest BCUT2D eigenvalue weighted by Crippen LogP contribution is 2.45. The molecule has 0 N–H and O–H groups in total. The van der Waals surface area contributed by atoms with Crippen molar-refractivity contribution in [3.05, 3.63) is 12.2 Å². The lowest BCUT2D eigenvalue weighted by atomic mass is 9.68. The molecule has 0 aliphatic heterocycles. The molecular weight excluding hydrogens is 151 g/mol. The molecule has 0 amide bonds. The Bertz CT molecular complexity index is 181. The Hall–Kier alpha value is -0.330. The lowest BCUT2D eigenvalue weighted by Crippen LogP contribution is -2.32. The van der Waals surface area contributed by atoms with Crippen molar-refractivity contribution in [2.24, 2.45) is 5.41 Å².